The second kappa shape index (κ2) is 7.27. The molecule has 2 heterocycles. The Hall–Kier alpha value is -3.08. The van der Waals surface area contributed by atoms with E-state index in [1.165, 1.54) is 11.3 Å². The Labute approximate surface area is 162 Å². The van der Waals surface area contributed by atoms with Crippen LogP contribution in [0.15, 0.2) is 65.1 Å². The zero-order chi connectivity index (χ0) is 18.8. The monoisotopic (exact) mass is 390 g/mol. The van der Waals surface area contributed by atoms with E-state index in [1.807, 2.05) is 48.7 Å². The lowest BCUT2D eigenvalue weighted by Gasteiger charge is -2.10. The van der Waals surface area contributed by atoms with Gasteiger partial charge in [-0.1, -0.05) is 12.1 Å². The van der Waals surface area contributed by atoms with Gasteiger partial charge >= 0.3 is 0 Å². The van der Waals surface area contributed by atoms with Gasteiger partial charge in [-0.05, 0) is 48.2 Å². The molecule has 0 saturated carbocycles. The van der Waals surface area contributed by atoms with Gasteiger partial charge in [-0.3, -0.25) is 9.71 Å². The largest absolute Gasteiger partial charge is 0.277 e. The van der Waals surface area contributed by atoms with Crippen molar-refractivity contribution in [3.63, 3.8) is 0 Å². The van der Waals surface area contributed by atoms with Crippen LogP contribution in [0.4, 0.5) is 5.13 Å². The molecule has 7 heteroatoms. The number of nitrogens with one attached hydrogen (secondary N) is 1. The Balaban J connectivity index is 1.75. The minimum atomic E-state index is -1.39. The lowest BCUT2D eigenvalue weighted by molar-refractivity contribution is 0.686. The quantitative estimate of drug-likeness (QED) is 0.549. The number of benzene rings is 2. The van der Waals surface area contributed by atoms with Crippen LogP contribution in [0.3, 0.4) is 0 Å². The second-order valence-electron chi connectivity index (χ2n) is 5.89. The molecule has 0 amide bonds. The minimum absolute atomic E-state index is 0.622. The molecule has 5 nitrogen and oxygen atoms in total. The van der Waals surface area contributed by atoms with Crippen LogP contribution in [0.1, 0.15) is 11.1 Å². The van der Waals surface area contributed by atoms with Gasteiger partial charge in [-0.25, -0.2) is 9.19 Å². The number of aromatic nitrogens is 2. The summed E-state index contributed by atoms with van der Waals surface area (Å²) in [6, 6.07) is 15.3. The SMILES string of the molecule is Cc1cc(C#N)ccc1-c1nccc2cc(S(=O)Nc3nccs3)ccc12. The molecule has 0 saturated heterocycles. The van der Waals surface area contributed by atoms with Crippen LogP contribution < -0.4 is 4.72 Å². The minimum Gasteiger partial charge on any atom is -0.277 e. The Morgan fingerprint density at radius 1 is 1.11 bits per heavy atom. The van der Waals surface area contributed by atoms with Gasteiger partial charge in [0.2, 0.25) is 0 Å². The summed E-state index contributed by atoms with van der Waals surface area (Å²) in [7, 11) is -1.39. The number of nitriles is 1. The van der Waals surface area contributed by atoms with Gasteiger partial charge in [0.15, 0.2) is 16.1 Å². The Morgan fingerprint density at radius 2 is 2.00 bits per heavy atom. The van der Waals surface area contributed by atoms with E-state index in [-0.39, 0.29) is 0 Å². The van der Waals surface area contributed by atoms with Crippen LogP contribution in [0.5, 0.6) is 0 Å². The predicted octanol–water partition coefficient (Wildman–Crippen LogP) is 4.67. The molecule has 2 aromatic heterocycles. The van der Waals surface area contributed by atoms with E-state index in [4.69, 9.17) is 5.26 Å². The molecule has 2 aromatic carbocycles. The molecule has 1 unspecified atom stereocenters. The number of nitrogens with zero attached hydrogens (tertiary/aromatic N) is 3. The van der Waals surface area contributed by atoms with Gasteiger partial charge in [-0.15, -0.1) is 11.3 Å². The number of rotatable bonds is 4. The Bertz CT molecular complexity index is 1200. The zero-order valence-corrected chi connectivity index (χ0v) is 16.0. The normalized spacial score (nSPS) is 11.9. The number of fused-ring (bicyclic) bond motifs is 1. The van der Waals surface area contributed by atoms with Crippen molar-refractivity contribution in [2.24, 2.45) is 0 Å². The summed E-state index contributed by atoms with van der Waals surface area (Å²) < 4.78 is 15.5. The van der Waals surface area contributed by atoms with Crippen molar-refractivity contribution in [2.45, 2.75) is 11.8 Å². The maximum atomic E-state index is 12.6. The Kier molecular flexibility index (Phi) is 4.67. The van der Waals surface area contributed by atoms with Crippen LogP contribution in [0.25, 0.3) is 22.0 Å². The van der Waals surface area contributed by atoms with Crippen LogP contribution in [0.2, 0.25) is 0 Å². The highest BCUT2D eigenvalue weighted by Crippen LogP contribution is 2.30. The lowest BCUT2D eigenvalue weighted by Crippen LogP contribution is -2.04. The first kappa shape index (κ1) is 17.3. The van der Waals surface area contributed by atoms with Crippen LogP contribution in [-0.2, 0) is 11.0 Å². The smallest absolute Gasteiger partial charge is 0.194 e. The molecule has 4 aromatic rings. The highest BCUT2D eigenvalue weighted by Gasteiger charge is 2.12. The van der Waals surface area contributed by atoms with Crippen molar-refractivity contribution in [3.8, 4) is 17.3 Å². The highest BCUT2D eigenvalue weighted by molar-refractivity contribution is 7.86. The van der Waals surface area contributed by atoms with E-state index < -0.39 is 11.0 Å². The van der Waals surface area contributed by atoms with Crippen LogP contribution >= 0.6 is 11.3 Å². The van der Waals surface area contributed by atoms with E-state index in [1.54, 1.807) is 18.5 Å². The number of hydrogen-bond donors (Lipinski definition) is 1. The highest BCUT2D eigenvalue weighted by atomic mass is 32.2. The molecular weight excluding hydrogens is 376 g/mol. The van der Waals surface area contributed by atoms with Gasteiger partial charge in [0.05, 0.1) is 22.2 Å². The maximum Gasteiger partial charge on any atom is 0.194 e. The topological polar surface area (TPSA) is 78.7 Å². The van der Waals surface area contributed by atoms with Crippen molar-refractivity contribution < 1.29 is 4.21 Å². The molecule has 0 aliphatic heterocycles. The zero-order valence-electron chi connectivity index (χ0n) is 14.3. The summed E-state index contributed by atoms with van der Waals surface area (Å²) in [5, 5.41) is 13.4. The van der Waals surface area contributed by atoms with E-state index >= 15 is 0 Å². The second-order valence-corrected chi connectivity index (χ2v) is 8.00. The van der Waals surface area contributed by atoms with Crippen molar-refractivity contribution in [1.82, 2.24) is 9.97 Å². The predicted molar refractivity (Wildman–Crippen MR) is 109 cm³/mol. The molecular formula is C20H14N4OS2. The van der Waals surface area contributed by atoms with Gasteiger partial charge in [0, 0.05) is 28.7 Å². The van der Waals surface area contributed by atoms with E-state index in [9.17, 15) is 4.21 Å². The third-order valence-corrected chi connectivity index (χ3v) is 6.05. The molecule has 1 atom stereocenters. The average molecular weight is 390 g/mol. The molecule has 1 N–H and O–H groups in total. The number of aryl methyl sites for hydroxylation is 1. The lowest BCUT2D eigenvalue weighted by atomic mass is 9.98. The summed E-state index contributed by atoms with van der Waals surface area (Å²) in [5.74, 6) is 0. The average Bonchev–Trinajstić information content (AvgIpc) is 3.20. The fraction of sp³-hybridized carbons (Fsp3) is 0.0500. The summed E-state index contributed by atoms with van der Waals surface area (Å²) in [5.41, 5.74) is 3.45. The summed E-state index contributed by atoms with van der Waals surface area (Å²) in [4.78, 5) is 9.32. The fourth-order valence-corrected chi connectivity index (χ4v) is 4.44. The summed E-state index contributed by atoms with van der Waals surface area (Å²) in [6.45, 7) is 1.97. The van der Waals surface area contributed by atoms with Gasteiger partial charge < -0.3 is 0 Å². The first-order chi connectivity index (χ1) is 13.2. The van der Waals surface area contributed by atoms with E-state index in [0.29, 0.717) is 15.6 Å². The van der Waals surface area contributed by atoms with Gasteiger partial charge in [0.1, 0.15) is 0 Å². The van der Waals surface area contributed by atoms with Gasteiger partial charge in [0.25, 0.3) is 0 Å². The molecule has 0 aliphatic rings. The molecule has 27 heavy (non-hydrogen) atoms. The summed E-state index contributed by atoms with van der Waals surface area (Å²) in [6.07, 6.45) is 3.42. The van der Waals surface area contributed by atoms with Crippen LogP contribution in [-0.4, -0.2) is 14.2 Å². The van der Waals surface area contributed by atoms with Crippen molar-refractivity contribution in [3.05, 3.63) is 71.4 Å². The first-order valence-electron chi connectivity index (χ1n) is 8.13. The first-order valence-corrected chi connectivity index (χ1v) is 10.2. The Morgan fingerprint density at radius 3 is 2.74 bits per heavy atom. The van der Waals surface area contributed by atoms with Gasteiger partial charge in [-0.2, -0.15) is 5.26 Å². The third-order valence-electron chi connectivity index (χ3n) is 4.17. The number of pyridine rings is 1. The molecule has 132 valence electrons. The molecule has 4 rings (SSSR count). The summed E-state index contributed by atoms with van der Waals surface area (Å²) >= 11 is 1.41. The van der Waals surface area contributed by atoms with Crippen molar-refractivity contribution in [1.29, 1.82) is 5.26 Å². The maximum absolute atomic E-state index is 12.6. The third kappa shape index (κ3) is 3.45. The molecule has 0 bridgehead atoms. The van der Waals surface area contributed by atoms with Crippen molar-refractivity contribution in [2.75, 3.05) is 4.72 Å². The van der Waals surface area contributed by atoms with Crippen molar-refractivity contribution >= 4 is 38.2 Å². The number of anilines is 1. The molecule has 0 fully saturated rings. The molecule has 0 aliphatic carbocycles. The molecule has 0 spiro atoms. The molecule has 0 radical (unpaired) electrons. The number of thiazole rings is 1. The van der Waals surface area contributed by atoms with Crippen LogP contribution in [0, 0.1) is 18.3 Å². The van der Waals surface area contributed by atoms with E-state index in [0.717, 1.165) is 27.6 Å². The standard InChI is InChI=1S/C20H14N4OS2/c1-13-10-14(12-21)2-4-17(13)19-18-5-3-16(11-15(18)6-7-22-19)27(25)24-20-23-8-9-26-20/h2-11H,1H3,(H,23,24). The fourth-order valence-electron chi connectivity index (χ4n) is 2.90. The number of hydrogen-bond acceptors (Lipinski definition) is 5. The van der Waals surface area contributed by atoms with E-state index in [2.05, 4.69) is 20.8 Å².